The topological polar surface area (TPSA) is 24.1 Å². The Bertz CT molecular complexity index is 436. The van der Waals surface area contributed by atoms with Crippen LogP contribution in [0.15, 0.2) is 24.3 Å². The Morgan fingerprint density at radius 1 is 1.32 bits per heavy atom. The highest BCUT2D eigenvalue weighted by atomic mass is 35.5. The van der Waals surface area contributed by atoms with Crippen molar-refractivity contribution >= 4 is 28.9 Å². The van der Waals surface area contributed by atoms with Crippen molar-refractivity contribution in [1.29, 1.82) is 0 Å². The molecule has 0 saturated heterocycles. The fourth-order valence-electron chi connectivity index (χ4n) is 2.57. The van der Waals surface area contributed by atoms with Gasteiger partial charge in [-0.25, -0.2) is 0 Å². The van der Waals surface area contributed by atoms with E-state index in [4.69, 9.17) is 23.8 Å². The van der Waals surface area contributed by atoms with Crippen LogP contribution in [0.2, 0.25) is 5.02 Å². The molecule has 0 amide bonds. The summed E-state index contributed by atoms with van der Waals surface area (Å²) in [5.41, 5.74) is 1.07. The minimum Gasteiger partial charge on any atom is -0.360 e. The summed E-state index contributed by atoms with van der Waals surface area (Å²) >= 11 is 11.5. The lowest BCUT2D eigenvalue weighted by atomic mass is 9.86. The van der Waals surface area contributed by atoms with Gasteiger partial charge in [0.1, 0.15) is 0 Å². The van der Waals surface area contributed by atoms with E-state index in [1.165, 1.54) is 25.7 Å². The summed E-state index contributed by atoms with van der Waals surface area (Å²) in [4.78, 5) is 0. The van der Waals surface area contributed by atoms with Crippen LogP contribution in [0.4, 0.5) is 0 Å². The molecule has 1 saturated carbocycles. The van der Waals surface area contributed by atoms with E-state index in [1.54, 1.807) is 0 Å². The van der Waals surface area contributed by atoms with Gasteiger partial charge in [0, 0.05) is 17.6 Å². The molecule has 104 valence electrons. The summed E-state index contributed by atoms with van der Waals surface area (Å²) < 4.78 is 0. The third-order valence-corrected chi connectivity index (χ3v) is 4.46. The average molecular weight is 297 g/mol. The summed E-state index contributed by atoms with van der Waals surface area (Å²) in [7, 11) is 0. The molecule has 2 nitrogen and oxygen atoms in total. The fourth-order valence-corrected chi connectivity index (χ4v) is 2.99. The Morgan fingerprint density at radius 3 is 2.79 bits per heavy atom. The number of hydrogen-bond acceptors (Lipinski definition) is 1. The SMILES string of the molecule is C[C@H]1CCCC[C@@H]1NC(=S)NCc1ccccc1Cl. The van der Waals surface area contributed by atoms with E-state index in [0.29, 0.717) is 18.5 Å². The maximum absolute atomic E-state index is 6.12. The van der Waals surface area contributed by atoms with Crippen molar-refractivity contribution in [2.45, 2.75) is 45.2 Å². The van der Waals surface area contributed by atoms with E-state index in [1.807, 2.05) is 24.3 Å². The van der Waals surface area contributed by atoms with Crippen LogP contribution in [0.25, 0.3) is 0 Å². The maximum Gasteiger partial charge on any atom is 0.166 e. The van der Waals surface area contributed by atoms with Gasteiger partial charge in [0.2, 0.25) is 0 Å². The zero-order valence-electron chi connectivity index (χ0n) is 11.3. The predicted octanol–water partition coefficient (Wildman–Crippen LogP) is 3.88. The van der Waals surface area contributed by atoms with Crippen LogP contribution in [-0.4, -0.2) is 11.2 Å². The van der Waals surface area contributed by atoms with Gasteiger partial charge in [-0.2, -0.15) is 0 Å². The van der Waals surface area contributed by atoms with Crippen molar-refractivity contribution < 1.29 is 0 Å². The van der Waals surface area contributed by atoms with Crippen LogP contribution in [0.1, 0.15) is 38.2 Å². The number of halogens is 1. The molecule has 1 aromatic carbocycles. The first kappa shape index (κ1) is 14.6. The summed E-state index contributed by atoms with van der Waals surface area (Å²) in [6, 6.07) is 8.36. The summed E-state index contributed by atoms with van der Waals surface area (Å²) in [5.74, 6) is 0.703. The number of benzene rings is 1. The zero-order chi connectivity index (χ0) is 13.7. The van der Waals surface area contributed by atoms with Gasteiger partial charge in [-0.1, -0.05) is 49.6 Å². The fraction of sp³-hybridized carbons (Fsp3) is 0.533. The highest BCUT2D eigenvalue weighted by Gasteiger charge is 2.21. The molecule has 2 N–H and O–H groups in total. The van der Waals surface area contributed by atoms with Gasteiger partial charge >= 0.3 is 0 Å². The lowest BCUT2D eigenvalue weighted by Gasteiger charge is -2.30. The molecule has 0 bridgehead atoms. The Balaban J connectivity index is 1.80. The van der Waals surface area contributed by atoms with E-state index >= 15 is 0 Å². The smallest absolute Gasteiger partial charge is 0.166 e. The van der Waals surface area contributed by atoms with Gasteiger partial charge in [0.25, 0.3) is 0 Å². The standard InChI is InChI=1S/C15H21ClN2S/c1-11-6-2-5-9-14(11)18-15(19)17-10-12-7-3-4-8-13(12)16/h3-4,7-8,11,14H,2,5-6,9-10H2,1H3,(H2,17,18,19)/t11-,14-/m0/s1. The van der Waals surface area contributed by atoms with Crippen molar-refractivity contribution in [2.75, 3.05) is 0 Å². The Kier molecular flexibility index (Phi) is 5.46. The molecule has 1 aliphatic carbocycles. The van der Waals surface area contributed by atoms with Gasteiger partial charge in [-0.3, -0.25) is 0 Å². The van der Waals surface area contributed by atoms with Crippen LogP contribution in [0, 0.1) is 5.92 Å². The van der Waals surface area contributed by atoms with Crippen molar-refractivity contribution in [3.05, 3.63) is 34.9 Å². The molecule has 0 heterocycles. The number of rotatable bonds is 3. The second-order valence-electron chi connectivity index (χ2n) is 5.29. The van der Waals surface area contributed by atoms with Gasteiger partial charge in [-0.05, 0) is 42.6 Å². The Hall–Kier alpha value is -0.800. The lowest BCUT2D eigenvalue weighted by molar-refractivity contribution is 0.308. The van der Waals surface area contributed by atoms with Crippen molar-refractivity contribution in [1.82, 2.24) is 10.6 Å². The third-order valence-electron chi connectivity index (χ3n) is 3.83. The highest BCUT2D eigenvalue weighted by Crippen LogP contribution is 2.23. The monoisotopic (exact) mass is 296 g/mol. The second-order valence-corrected chi connectivity index (χ2v) is 6.10. The normalized spacial score (nSPS) is 22.8. The van der Waals surface area contributed by atoms with Crippen molar-refractivity contribution in [3.63, 3.8) is 0 Å². The van der Waals surface area contributed by atoms with Crippen LogP contribution >= 0.6 is 23.8 Å². The molecular formula is C15H21ClN2S. The molecule has 0 spiro atoms. The lowest BCUT2D eigenvalue weighted by Crippen LogP contribution is -2.45. The van der Waals surface area contributed by atoms with E-state index in [9.17, 15) is 0 Å². The minimum absolute atomic E-state index is 0.514. The molecule has 0 aliphatic heterocycles. The molecule has 1 aliphatic rings. The summed E-state index contributed by atoms with van der Waals surface area (Å²) in [6.45, 7) is 2.97. The first-order chi connectivity index (χ1) is 9.16. The zero-order valence-corrected chi connectivity index (χ0v) is 12.9. The summed E-state index contributed by atoms with van der Waals surface area (Å²) in [6.07, 6.45) is 5.16. The largest absolute Gasteiger partial charge is 0.360 e. The molecule has 0 radical (unpaired) electrons. The van der Waals surface area contributed by atoms with Crippen LogP contribution in [-0.2, 0) is 6.54 Å². The van der Waals surface area contributed by atoms with Crippen LogP contribution in [0.5, 0.6) is 0 Å². The van der Waals surface area contributed by atoms with E-state index in [-0.39, 0.29) is 0 Å². The first-order valence-electron chi connectivity index (χ1n) is 6.94. The van der Waals surface area contributed by atoms with Crippen molar-refractivity contribution in [3.8, 4) is 0 Å². The highest BCUT2D eigenvalue weighted by molar-refractivity contribution is 7.80. The van der Waals surface area contributed by atoms with Crippen LogP contribution < -0.4 is 10.6 Å². The molecule has 1 aromatic rings. The van der Waals surface area contributed by atoms with Crippen molar-refractivity contribution in [2.24, 2.45) is 5.92 Å². The second kappa shape index (κ2) is 7.11. The number of nitrogens with one attached hydrogen (secondary N) is 2. The Morgan fingerprint density at radius 2 is 2.05 bits per heavy atom. The molecule has 2 rings (SSSR count). The number of hydrogen-bond donors (Lipinski definition) is 2. The first-order valence-corrected chi connectivity index (χ1v) is 7.73. The van der Waals surface area contributed by atoms with Gasteiger partial charge in [0.15, 0.2) is 5.11 Å². The van der Waals surface area contributed by atoms with E-state index in [0.717, 1.165) is 15.7 Å². The maximum atomic E-state index is 6.12. The van der Waals surface area contributed by atoms with E-state index < -0.39 is 0 Å². The predicted molar refractivity (Wildman–Crippen MR) is 85.4 cm³/mol. The Labute approximate surface area is 125 Å². The average Bonchev–Trinajstić information content (AvgIpc) is 2.40. The molecule has 0 unspecified atom stereocenters. The summed E-state index contributed by atoms with van der Waals surface area (Å²) in [5, 5.41) is 8.20. The minimum atomic E-state index is 0.514. The van der Waals surface area contributed by atoms with Crippen LogP contribution in [0.3, 0.4) is 0 Å². The molecule has 2 atom stereocenters. The van der Waals surface area contributed by atoms with E-state index in [2.05, 4.69) is 17.6 Å². The molecular weight excluding hydrogens is 276 g/mol. The molecule has 0 aromatic heterocycles. The molecule has 1 fully saturated rings. The van der Waals surface area contributed by atoms with Gasteiger partial charge in [0.05, 0.1) is 0 Å². The van der Waals surface area contributed by atoms with Gasteiger partial charge < -0.3 is 10.6 Å². The molecule has 19 heavy (non-hydrogen) atoms. The third kappa shape index (κ3) is 4.36. The number of thiocarbonyl (C=S) groups is 1. The molecule has 4 heteroatoms. The van der Waals surface area contributed by atoms with Gasteiger partial charge in [-0.15, -0.1) is 0 Å². The quantitative estimate of drug-likeness (QED) is 0.828.